The summed E-state index contributed by atoms with van der Waals surface area (Å²) in [4.78, 5) is 0. The number of rotatable bonds is 7. The van der Waals surface area contributed by atoms with Crippen LogP contribution in [-0.2, 0) is 6.42 Å². The molecule has 0 atom stereocenters. The molecule has 0 aliphatic carbocycles. The molecule has 5 aromatic rings. The van der Waals surface area contributed by atoms with E-state index in [1.165, 1.54) is 87.2 Å². The zero-order valence-electron chi connectivity index (χ0n) is 17.3. The molecule has 0 amide bonds. The highest BCUT2D eigenvalue weighted by Crippen LogP contribution is 2.42. The first-order valence-electron chi connectivity index (χ1n) is 11.2. The lowest BCUT2D eigenvalue weighted by Gasteiger charge is -2.18. The predicted octanol–water partition coefficient (Wildman–Crippen LogP) is 8.22. The van der Waals surface area contributed by atoms with E-state index in [9.17, 15) is 0 Å². The third-order valence-electron chi connectivity index (χ3n) is 6.57. The first-order chi connectivity index (χ1) is 14.3. The van der Waals surface area contributed by atoms with Crippen molar-refractivity contribution in [3.8, 4) is 0 Å². The number of aryl methyl sites for hydroxylation is 1. The lowest BCUT2D eigenvalue weighted by molar-refractivity contribution is 0.608. The smallest absolute Gasteiger partial charge is 0.0359 e. The molecule has 0 aromatic heterocycles. The van der Waals surface area contributed by atoms with Gasteiger partial charge >= 0.3 is 0 Å². The van der Waals surface area contributed by atoms with E-state index < -0.39 is 0 Å². The minimum absolute atomic E-state index is 0.953. The van der Waals surface area contributed by atoms with Gasteiger partial charge in [-0.2, -0.15) is 0 Å². The third-order valence-corrected chi connectivity index (χ3v) is 6.57. The fourth-order valence-corrected chi connectivity index (χ4v) is 5.15. The van der Waals surface area contributed by atoms with Crippen molar-refractivity contribution in [2.45, 2.75) is 51.9 Å². The van der Waals surface area contributed by atoms with Crippen LogP contribution in [0.25, 0.3) is 43.1 Å². The largest absolute Gasteiger partial charge is 0.398 e. The molecule has 2 N–H and O–H groups in total. The average Bonchev–Trinajstić information content (AvgIpc) is 2.75. The zero-order valence-corrected chi connectivity index (χ0v) is 17.3. The molecule has 1 nitrogen and oxygen atoms in total. The highest BCUT2D eigenvalue weighted by molar-refractivity contribution is 6.33. The normalized spacial score (nSPS) is 12.0. The molecule has 0 saturated carbocycles. The Labute approximate surface area is 172 Å². The lowest BCUT2D eigenvalue weighted by atomic mass is 9.87. The Morgan fingerprint density at radius 3 is 1.97 bits per heavy atom. The quantitative estimate of drug-likeness (QED) is 0.131. The van der Waals surface area contributed by atoms with Crippen LogP contribution in [0.2, 0.25) is 0 Å². The minimum Gasteiger partial charge on any atom is -0.398 e. The summed E-state index contributed by atoms with van der Waals surface area (Å²) in [6.07, 6.45) is 8.94. The average molecular weight is 380 g/mol. The van der Waals surface area contributed by atoms with Crippen LogP contribution in [0.4, 0.5) is 5.69 Å². The van der Waals surface area contributed by atoms with E-state index >= 15 is 0 Å². The topological polar surface area (TPSA) is 26.0 Å². The van der Waals surface area contributed by atoms with Crippen molar-refractivity contribution < 1.29 is 0 Å². The number of anilines is 1. The second-order valence-corrected chi connectivity index (χ2v) is 8.45. The summed E-state index contributed by atoms with van der Waals surface area (Å²) in [5.41, 5.74) is 8.94. The van der Waals surface area contributed by atoms with E-state index in [0.29, 0.717) is 0 Å². The van der Waals surface area contributed by atoms with Gasteiger partial charge in [-0.3, -0.25) is 0 Å². The van der Waals surface area contributed by atoms with Gasteiger partial charge < -0.3 is 5.73 Å². The summed E-state index contributed by atoms with van der Waals surface area (Å²) < 4.78 is 0. The fourth-order valence-electron chi connectivity index (χ4n) is 5.15. The van der Waals surface area contributed by atoms with E-state index in [-0.39, 0.29) is 0 Å². The summed E-state index contributed by atoms with van der Waals surface area (Å²) >= 11 is 0. The Bertz CT molecular complexity index is 1290. The van der Waals surface area contributed by atoms with Crippen LogP contribution < -0.4 is 5.73 Å². The number of fused-ring (bicyclic) bond motifs is 2. The molecule has 29 heavy (non-hydrogen) atoms. The van der Waals surface area contributed by atoms with Crippen LogP contribution in [0.5, 0.6) is 0 Å². The number of unbranched alkanes of at least 4 members (excludes halogenated alkanes) is 5. The molecule has 5 aromatic carbocycles. The molecule has 1 heteroatoms. The summed E-state index contributed by atoms with van der Waals surface area (Å²) in [5.74, 6) is 0. The minimum atomic E-state index is 0.953. The highest BCUT2D eigenvalue weighted by Gasteiger charge is 2.16. The van der Waals surface area contributed by atoms with Crippen LogP contribution in [-0.4, -0.2) is 0 Å². The molecule has 0 unspecified atom stereocenters. The van der Waals surface area contributed by atoms with E-state index in [2.05, 4.69) is 67.6 Å². The van der Waals surface area contributed by atoms with Crippen molar-refractivity contribution in [2.75, 3.05) is 5.73 Å². The Morgan fingerprint density at radius 2 is 1.21 bits per heavy atom. The Balaban J connectivity index is 1.67. The van der Waals surface area contributed by atoms with Crippen molar-refractivity contribution in [3.63, 3.8) is 0 Å². The predicted molar refractivity (Wildman–Crippen MR) is 129 cm³/mol. The van der Waals surface area contributed by atoms with Crippen LogP contribution in [0.15, 0.2) is 60.7 Å². The highest BCUT2D eigenvalue weighted by atomic mass is 14.6. The van der Waals surface area contributed by atoms with Crippen LogP contribution >= 0.6 is 0 Å². The number of hydrogen-bond acceptors (Lipinski definition) is 1. The van der Waals surface area contributed by atoms with Gasteiger partial charge in [0.25, 0.3) is 0 Å². The summed E-state index contributed by atoms with van der Waals surface area (Å²) in [6, 6.07) is 22.3. The van der Waals surface area contributed by atoms with Crippen LogP contribution in [0.1, 0.15) is 51.0 Å². The van der Waals surface area contributed by atoms with Crippen molar-refractivity contribution in [3.05, 3.63) is 66.2 Å². The monoisotopic (exact) mass is 379 g/mol. The third kappa shape index (κ3) is 3.00. The van der Waals surface area contributed by atoms with E-state index in [1.54, 1.807) is 0 Å². The van der Waals surface area contributed by atoms with Gasteiger partial charge in [-0.05, 0) is 67.6 Å². The SMILES string of the molecule is CCCCCCCCc1c(N)cc2c3cccc4cccc(c5cccc1c52)c43. The van der Waals surface area contributed by atoms with E-state index in [4.69, 9.17) is 5.73 Å². The molecule has 0 aliphatic heterocycles. The van der Waals surface area contributed by atoms with Crippen LogP contribution in [0, 0.1) is 0 Å². The molecule has 5 rings (SSSR count). The van der Waals surface area contributed by atoms with Gasteiger partial charge in [-0.25, -0.2) is 0 Å². The molecule has 0 spiro atoms. The molecule has 0 bridgehead atoms. The lowest BCUT2D eigenvalue weighted by Crippen LogP contribution is -1.98. The van der Waals surface area contributed by atoms with Gasteiger partial charge in [0.05, 0.1) is 0 Å². The van der Waals surface area contributed by atoms with Crippen molar-refractivity contribution in [1.29, 1.82) is 0 Å². The van der Waals surface area contributed by atoms with Gasteiger partial charge in [0.1, 0.15) is 0 Å². The van der Waals surface area contributed by atoms with Crippen LogP contribution in [0.3, 0.4) is 0 Å². The number of hydrogen-bond donors (Lipinski definition) is 1. The molecule has 0 heterocycles. The Kier molecular flexibility index (Phi) is 4.75. The molecule has 0 radical (unpaired) electrons. The van der Waals surface area contributed by atoms with Gasteiger partial charge in [0.2, 0.25) is 0 Å². The zero-order chi connectivity index (χ0) is 19.8. The van der Waals surface area contributed by atoms with Crippen molar-refractivity contribution in [2.24, 2.45) is 0 Å². The Morgan fingerprint density at radius 1 is 0.621 bits per heavy atom. The maximum absolute atomic E-state index is 6.65. The number of nitrogen functional groups attached to an aromatic ring is 1. The van der Waals surface area contributed by atoms with Gasteiger partial charge in [0.15, 0.2) is 0 Å². The molecule has 0 aliphatic rings. The summed E-state index contributed by atoms with van der Waals surface area (Å²) in [6.45, 7) is 2.27. The summed E-state index contributed by atoms with van der Waals surface area (Å²) in [7, 11) is 0. The van der Waals surface area contributed by atoms with Crippen molar-refractivity contribution >= 4 is 48.8 Å². The second-order valence-electron chi connectivity index (χ2n) is 8.45. The first kappa shape index (κ1) is 18.2. The van der Waals surface area contributed by atoms with Gasteiger partial charge in [0, 0.05) is 5.69 Å². The molecule has 146 valence electrons. The van der Waals surface area contributed by atoms with Crippen molar-refractivity contribution in [1.82, 2.24) is 0 Å². The Hall–Kier alpha value is -2.80. The maximum Gasteiger partial charge on any atom is 0.0359 e. The summed E-state index contributed by atoms with van der Waals surface area (Å²) in [5, 5.41) is 10.7. The maximum atomic E-state index is 6.65. The standard InChI is InChI=1S/C28H29N/c1-2-3-4-5-6-7-13-20-21-16-10-17-23-22-14-8-11-19-12-9-15-24(27(19)22)25(28(21)23)18-26(20)29/h8-12,14-18H,2-7,13,29H2,1H3. The molecular formula is C28H29N. The van der Waals surface area contributed by atoms with Gasteiger partial charge in [-0.1, -0.05) is 93.6 Å². The first-order valence-corrected chi connectivity index (χ1v) is 11.2. The fraction of sp³-hybridized carbons (Fsp3) is 0.286. The number of benzene rings is 5. The second kappa shape index (κ2) is 7.55. The molecular weight excluding hydrogens is 350 g/mol. The van der Waals surface area contributed by atoms with E-state index in [0.717, 1.165) is 12.1 Å². The molecule has 0 fully saturated rings. The molecule has 0 saturated heterocycles. The van der Waals surface area contributed by atoms with E-state index in [1.807, 2.05) is 0 Å². The number of nitrogens with two attached hydrogens (primary N) is 1. The van der Waals surface area contributed by atoms with Gasteiger partial charge in [-0.15, -0.1) is 0 Å².